The predicted octanol–water partition coefficient (Wildman–Crippen LogP) is 2.65. The van der Waals surface area contributed by atoms with Gasteiger partial charge in [-0.25, -0.2) is 4.98 Å². The van der Waals surface area contributed by atoms with Crippen LogP contribution in [0.15, 0.2) is 24.4 Å². The van der Waals surface area contributed by atoms with Gasteiger partial charge in [0.2, 0.25) is 11.8 Å². The van der Waals surface area contributed by atoms with Gasteiger partial charge in [0.05, 0.1) is 19.3 Å². The molecule has 168 valence electrons. The molecule has 2 amide bonds. The lowest BCUT2D eigenvalue weighted by Crippen LogP contribution is -2.55. The van der Waals surface area contributed by atoms with Gasteiger partial charge < -0.3 is 10.2 Å². The third-order valence-electron chi connectivity index (χ3n) is 8.61. The number of carbonyl (C=O) groups excluding carboxylic acids is 2. The lowest BCUT2D eigenvalue weighted by molar-refractivity contribution is -0.364. The van der Waals surface area contributed by atoms with Crippen molar-refractivity contribution in [1.29, 1.82) is 0 Å². The number of hydrogen-bond donors (Lipinski definition) is 1. The zero-order valence-corrected chi connectivity index (χ0v) is 18.8. The molecule has 2 heterocycles. The van der Waals surface area contributed by atoms with Crippen LogP contribution in [0.4, 0.5) is 5.82 Å². The Labute approximate surface area is 185 Å². The molecule has 1 aromatic rings. The summed E-state index contributed by atoms with van der Waals surface area (Å²) in [4.78, 5) is 32.8. The Morgan fingerprint density at radius 1 is 1.03 bits per heavy atom. The smallest absolute Gasteiger partial charge is 0.274 e. The number of piperazine rings is 1. The Bertz CT molecular complexity index is 768. The van der Waals surface area contributed by atoms with E-state index in [1.807, 2.05) is 23.2 Å². The molecule has 1 atom stereocenters. The molecular formula is C25H37N4O2+. The lowest BCUT2D eigenvalue weighted by Gasteiger charge is -2.59. The second kappa shape index (κ2) is 8.44. The molecular weight excluding hydrogens is 388 g/mol. The van der Waals surface area contributed by atoms with Gasteiger partial charge in [0, 0.05) is 24.9 Å². The Morgan fingerprint density at radius 3 is 2.26 bits per heavy atom. The molecule has 1 saturated heterocycles. The number of anilines is 1. The molecule has 4 bridgehead atoms. The standard InChI is InChI=1S/C25H36N4O2/c1-18(25-15-19-12-20(16-25)14-21(13-19)17-25)27-23(30)5-6-24(31)29-10-8-28(9-11-29)22-4-2-3-7-26-22/h2-4,7,18-21H,5-6,8-17H2,1H3,(H,27,30)/p+1/t18-,19?,20?,21?,25?/m1/s1. The number of carbonyl (C=O) groups is 2. The maximum Gasteiger partial charge on any atom is 0.274 e. The highest BCUT2D eigenvalue weighted by Crippen LogP contribution is 2.61. The molecule has 6 heteroatoms. The third kappa shape index (κ3) is 4.31. The van der Waals surface area contributed by atoms with Crippen LogP contribution in [0.3, 0.4) is 0 Å². The number of nitrogens with zero attached hydrogens (tertiary/aromatic N) is 2. The maximum atomic E-state index is 12.7. The number of hydrogen-bond acceptors (Lipinski definition) is 3. The number of rotatable bonds is 6. The van der Waals surface area contributed by atoms with Crippen LogP contribution < -0.4 is 15.2 Å². The summed E-state index contributed by atoms with van der Waals surface area (Å²) >= 11 is 0. The Kier molecular flexibility index (Phi) is 5.65. The molecule has 4 aliphatic carbocycles. The minimum Gasteiger partial charge on any atom is -0.353 e. The van der Waals surface area contributed by atoms with Crippen LogP contribution in [0.1, 0.15) is 58.3 Å². The number of nitrogens with one attached hydrogen (secondary N) is 2. The van der Waals surface area contributed by atoms with Crippen LogP contribution in [-0.4, -0.2) is 48.9 Å². The first-order valence-electron chi connectivity index (χ1n) is 12.3. The van der Waals surface area contributed by atoms with Gasteiger partial charge in [0.25, 0.3) is 5.82 Å². The van der Waals surface area contributed by atoms with Gasteiger partial charge in [-0.05, 0) is 74.7 Å². The minimum atomic E-state index is 0.0501. The van der Waals surface area contributed by atoms with Crippen LogP contribution in [0.2, 0.25) is 0 Å². The SMILES string of the molecule is C[C@@H](NC(=O)CCC(=O)N1CCN(c2cccc[nH+]2)CC1)C12CC3CC(CC(C3)C1)C2. The molecule has 6 rings (SSSR count). The van der Waals surface area contributed by atoms with E-state index in [2.05, 4.69) is 28.2 Å². The van der Waals surface area contributed by atoms with Crippen molar-refractivity contribution in [3.63, 3.8) is 0 Å². The average molecular weight is 426 g/mol. The van der Waals surface area contributed by atoms with Crippen molar-refractivity contribution in [3.05, 3.63) is 24.4 Å². The summed E-state index contributed by atoms with van der Waals surface area (Å²) in [6, 6.07) is 6.28. The zero-order valence-electron chi connectivity index (χ0n) is 18.8. The van der Waals surface area contributed by atoms with Gasteiger partial charge in [0.1, 0.15) is 13.1 Å². The van der Waals surface area contributed by atoms with Crippen molar-refractivity contribution >= 4 is 17.6 Å². The molecule has 1 aliphatic heterocycles. The molecule has 0 aromatic carbocycles. The Hall–Kier alpha value is -2.11. The summed E-state index contributed by atoms with van der Waals surface area (Å²) < 4.78 is 0. The molecule has 2 N–H and O–H groups in total. The van der Waals surface area contributed by atoms with Crippen molar-refractivity contribution in [3.8, 4) is 0 Å². The molecule has 0 spiro atoms. The van der Waals surface area contributed by atoms with E-state index in [9.17, 15) is 9.59 Å². The Morgan fingerprint density at radius 2 is 1.68 bits per heavy atom. The van der Waals surface area contributed by atoms with Gasteiger partial charge in [-0.1, -0.05) is 6.07 Å². The number of aromatic amines is 1. The normalized spacial score (nSPS) is 32.7. The van der Waals surface area contributed by atoms with Gasteiger partial charge in [-0.3, -0.25) is 14.5 Å². The first-order chi connectivity index (χ1) is 15.0. The Balaban J connectivity index is 1.07. The highest BCUT2D eigenvalue weighted by Gasteiger charge is 2.53. The summed E-state index contributed by atoms with van der Waals surface area (Å²) in [5.74, 6) is 3.91. The summed E-state index contributed by atoms with van der Waals surface area (Å²) in [5, 5.41) is 3.30. The van der Waals surface area contributed by atoms with Crippen molar-refractivity contribution in [2.75, 3.05) is 31.1 Å². The zero-order chi connectivity index (χ0) is 21.4. The third-order valence-corrected chi connectivity index (χ3v) is 8.61. The summed E-state index contributed by atoms with van der Waals surface area (Å²) in [6.45, 7) is 5.29. The molecule has 5 fully saturated rings. The summed E-state index contributed by atoms with van der Waals surface area (Å²) in [5.41, 5.74) is 0.319. The fourth-order valence-corrected chi connectivity index (χ4v) is 7.33. The first kappa shape index (κ1) is 20.8. The van der Waals surface area contributed by atoms with Gasteiger partial charge in [-0.2, -0.15) is 0 Å². The van der Waals surface area contributed by atoms with Crippen LogP contribution in [0.5, 0.6) is 0 Å². The van der Waals surface area contributed by atoms with Gasteiger partial charge in [0.15, 0.2) is 0 Å². The molecule has 5 aliphatic rings. The highest BCUT2D eigenvalue weighted by molar-refractivity contribution is 5.84. The van der Waals surface area contributed by atoms with Crippen molar-refractivity contribution in [1.82, 2.24) is 10.2 Å². The van der Waals surface area contributed by atoms with Crippen molar-refractivity contribution in [2.45, 2.75) is 64.3 Å². The van der Waals surface area contributed by atoms with E-state index in [4.69, 9.17) is 0 Å². The summed E-state index contributed by atoms with van der Waals surface area (Å²) in [7, 11) is 0. The lowest BCUT2D eigenvalue weighted by atomic mass is 9.48. The fourth-order valence-electron chi connectivity index (χ4n) is 7.33. The van der Waals surface area contributed by atoms with Gasteiger partial charge in [-0.15, -0.1) is 0 Å². The highest BCUT2D eigenvalue weighted by atomic mass is 16.2. The molecule has 31 heavy (non-hydrogen) atoms. The van der Waals surface area contributed by atoms with E-state index >= 15 is 0 Å². The van der Waals surface area contributed by atoms with Crippen LogP contribution in [0.25, 0.3) is 0 Å². The first-order valence-corrected chi connectivity index (χ1v) is 12.3. The monoisotopic (exact) mass is 425 g/mol. The van der Waals surface area contributed by atoms with Crippen LogP contribution in [-0.2, 0) is 9.59 Å². The second-order valence-corrected chi connectivity index (χ2v) is 10.7. The fraction of sp³-hybridized carbons (Fsp3) is 0.720. The van der Waals surface area contributed by atoms with E-state index in [0.717, 1.165) is 36.7 Å². The second-order valence-electron chi connectivity index (χ2n) is 10.7. The minimum absolute atomic E-state index is 0.0501. The predicted molar refractivity (Wildman–Crippen MR) is 119 cm³/mol. The maximum absolute atomic E-state index is 12.7. The topological polar surface area (TPSA) is 66.8 Å². The van der Waals surface area contributed by atoms with E-state index < -0.39 is 0 Å². The van der Waals surface area contributed by atoms with Crippen LogP contribution >= 0.6 is 0 Å². The quantitative estimate of drug-likeness (QED) is 0.762. The van der Waals surface area contributed by atoms with E-state index in [0.29, 0.717) is 31.3 Å². The molecule has 0 radical (unpaired) electrons. The van der Waals surface area contributed by atoms with Crippen molar-refractivity contribution in [2.24, 2.45) is 23.2 Å². The average Bonchev–Trinajstić information content (AvgIpc) is 2.77. The summed E-state index contributed by atoms with van der Waals surface area (Å²) in [6.07, 6.45) is 10.7. The number of H-pyrrole nitrogens is 1. The number of pyridine rings is 1. The van der Waals surface area contributed by atoms with E-state index in [1.165, 1.54) is 38.5 Å². The number of aromatic nitrogens is 1. The van der Waals surface area contributed by atoms with E-state index in [1.54, 1.807) is 0 Å². The number of amides is 2. The van der Waals surface area contributed by atoms with Gasteiger partial charge >= 0.3 is 0 Å². The largest absolute Gasteiger partial charge is 0.353 e. The molecule has 1 aromatic heterocycles. The molecule has 0 unspecified atom stereocenters. The molecule has 6 nitrogen and oxygen atoms in total. The van der Waals surface area contributed by atoms with Crippen molar-refractivity contribution < 1.29 is 14.6 Å². The molecule has 4 saturated carbocycles. The van der Waals surface area contributed by atoms with E-state index in [-0.39, 0.29) is 17.9 Å². The van der Waals surface area contributed by atoms with Crippen LogP contribution in [0, 0.1) is 23.2 Å².